The van der Waals surface area contributed by atoms with Crippen molar-refractivity contribution in [2.24, 2.45) is 0 Å². The molecule has 0 saturated carbocycles. The number of rotatable bonds is 4. The molecule has 0 aliphatic heterocycles. The van der Waals surface area contributed by atoms with Gasteiger partial charge < -0.3 is 20.6 Å². The van der Waals surface area contributed by atoms with E-state index in [0.717, 1.165) is 0 Å². The fourth-order valence-electron chi connectivity index (χ4n) is 1.78. The highest BCUT2D eigenvalue weighted by Gasteiger charge is 2.39. The fourth-order valence-corrected chi connectivity index (χ4v) is 2.65. The van der Waals surface area contributed by atoms with Crippen molar-refractivity contribution >= 4 is 22.4 Å². The Morgan fingerprint density at radius 2 is 2.04 bits per heavy atom. The smallest absolute Gasteiger partial charge is 0.434 e. The Labute approximate surface area is 131 Å². The van der Waals surface area contributed by atoms with Crippen molar-refractivity contribution < 1.29 is 33.3 Å². The van der Waals surface area contributed by atoms with E-state index in [1.165, 1.54) is 18.2 Å². The summed E-state index contributed by atoms with van der Waals surface area (Å²) in [6.45, 7) is 0. The van der Waals surface area contributed by atoms with E-state index in [0.29, 0.717) is 16.9 Å². The van der Waals surface area contributed by atoms with Gasteiger partial charge in [0.2, 0.25) is 5.91 Å². The van der Waals surface area contributed by atoms with E-state index < -0.39 is 34.1 Å². The lowest BCUT2D eigenvalue weighted by atomic mass is 10.1. The third kappa shape index (κ3) is 4.41. The van der Waals surface area contributed by atoms with Gasteiger partial charge >= 0.3 is 6.18 Å². The molecule has 23 heavy (non-hydrogen) atoms. The number of carbonyl (C=O) groups is 1. The highest BCUT2D eigenvalue weighted by molar-refractivity contribution is 7.16. The van der Waals surface area contributed by atoms with Crippen LogP contribution in [0.3, 0.4) is 0 Å². The van der Waals surface area contributed by atoms with E-state index in [2.05, 4.69) is 10.3 Å². The summed E-state index contributed by atoms with van der Waals surface area (Å²) in [4.78, 5) is 14.2. The van der Waals surface area contributed by atoms with E-state index in [-0.39, 0.29) is 12.2 Å². The molecule has 0 fully saturated rings. The van der Waals surface area contributed by atoms with Crippen LogP contribution in [0.1, 0.15) is 22.4 Å². The first-order valence-corrected chi connectivity index (χ1v) is 7.00. The first kappa shape index (κ1) is 17.2. The average Bonchev–Trinajstić information content (AvgIpc) is 2.82. The molecule has 0 unspecified atom stereocenters. The SMILES string of the molecule is O=C(Cc1cccc(O)c1)Nc1nc(C(F)(F)F)c(C(O)O)s1. The van der Waals surface area contributed by atoms with Gasteiger partial charge in [0.15, 0.2) is 17.1 Å². The number of phenols is 1. The number of thiazole rings is 1. The van der Waals surface area contributed by atoms with Crippen LogP contribution in [0.15, 0.2) is 24.3 Å². The average molecular weight is 348 g/mol. The van der Waals surface area contributed by atoms with Crippen molar-refractivity contribution in [2.75, 3.05) is 5.32 Å². The number of amides is 1. The molecule has 0 aliphatic carbocycles. The maximum absolute atomic E-state index is 12.7. The number of aromatic nitrogens is 1. The number of phenolic OH excluding ortho intramolecular Hbond substituents is 1. The van der Waals surface area contributed by atoms with Crippen LogP contribution in [0.25, 0.3) is 0 Å². The molecule has 1 aromatic heterocycles. The highest BCUT2D eigenvalue weighted by Crippen LogP contribution is 2.38. The maximum atomic E-state index is 12.7. The number of carbonyl (C=O) groups excluding carboxylic acids is 1. The zero-order chi connectivity index (χ0) is 17.2. The minimum absolute atomic E-state index is 0.0467. The van der Waals surface area contributed by atoms with Gasteiger partial charge in [-0.15, -0.1) is 0 Å². The molecule has 2 aromatic rings. The predicted octanol–water partition coefficient (Wildman–Crippen LogP) is 2.03. The lowest BCUT2D eigenvalue weighted by Gasteiger charge is -2.06. The number of benzene rings is 1. The summed E-state index contributed by atoms with van der Waals surface area (Å²) in [5.74, 6) is -0.702. The van der Waals surface area contributed by atoms with E-state index in [4.69, 9.17) is 10.2 Å². The first-order valence-electron chi connectivity index (χ1n) is 6.18. The van der Waals surface area contributed by atoms with Crippen molar-refractivity contribution in [1.82, 2.24) is 4.98 Å². The summed E-state index contributed by atoms with van der Waals surface area (Å²) in [6, 6.07) is 5.83. The summed E-state index contributed by atoms with van der Waals surface area (Å²) in [5, 5.41) is 29.0. The molecule has 0 spiro atoms. The van der Waals surface area contributed by atoms with Crippen LogP contribution in [0.2, 0.25) is 0 Å². The Kier molecular flexibility index (Phi) is 4.88. The molecular formula is C13H11F3N2O4S. The summed E-state index contributed by atoms with van der Waals surface area (Å²) in [7, 11) is 0. The summed E-state index contributed by atoms with van der Waals surface area (Å²) in [5.41, 5.74) is -0.998. The number of anilines is 1. The first-order chi connectivity index (χ1) is 10.7. The van der Waals surface area contributed by atoms with Crippen molar-refractivity contribution in [2.45, 2.75) is 18.9 Å². The standard InChI is InChI=1S/C13H11F3N2O4S/c14-13(15,16)10-9(11(21)22)23-12(18-10)17-8(20)5-6-2-1-3-7(19)4-6/h1-4,11,19,21-22H,5H2,(H,17,18,20). The van der Waals surface area contributed by atoms with Crippen LogP contribution in [0.5, 0.6) is 5.75 Å². The normalized spacial score (nSPS) is 11.7. The fraction of sp³-hybridized carbons (Fsp3) is 0.231. The molecule has 2 rings (SSSR count). The van der Waals surface area contributed by atoms with Gasteiger partial charge in [0, 0.05) is 0 Å². The van der Waals surface area contributed by atoms with E-state index in [1.807, 2.05) is 0 Å². The molecule has 0 bridgehead atoms. The van der Waals surface area contributed by atoms with Crippen LogP contribution < -0.4 is 5.32 Å². The number of alkyl halides is 3. The summed E-state index contributed by atoms with van der Waals surface area (Å²) < 4.78 is 38.2. The second-order valence-corrected chi connectivity index (χ2v) is 5.53. The number of aliphatic hydroxyl groups is 2. The second kappa shape index (κ2) is 6.52. The zero-order valence-electron chi connectivity index (χ0n) is 11.3. The van der Waals surface area contributed by atoms with Gasteiger partial charge in [0.1, 0.15) is 5.75 Å². The molecule has 0 aliphatic rings. The van der Waals surface area contributed by atoms with Gasteiger partial charge in [-0.25, -0.2) is 4.98 Å². The Morgan fingerprint density at radius 1 is 1.35 bits per heavy atom. The molecule has 0 radical (unpaired) electrons. The van der Waals surface area contributed by atoms with Crippen LogP contribution in [0.4, 0.5) is 18.3 Å². The minimum Gasteiger partial charge on any atom is -0.508 e. The van der Waals surface area contributed by atoms with Gasteiger partial charge in [-0.1, -0.05) is 23.5 Å². The van der Waals surface area contributed by atoms with Gasteiger partial charge in [-0.05, 0) is 17.7 Å². The largest absolute Gasteiger partial charge is 0.508 e. The van der Waals surface area contributed by atoms with Gasteiger partial charge in [0.25, 0.3) is 0 Å². The van der Waals surface area contributed by atoms with Gasteiger partial charge in [0.05, 0.1) is 11.3 Å². The number of hydrogen-bond donors (Lipinski definition) is 4. The number of aromatic hydroxyl groups is 1. The van der Waals surface area contributed by atoms with Crippen LogP contribution >= 0.6 is 11.3 Å². The molecule has 124 valence electrons. The van der Waals surface area contributed by atoms with Crippen LogP contribution in [-0.4, -0.2) is 26.2 Å². The maximum Gasteiger partial charge on any atom is 0.434 e. The summed E-state index contributed by atoms with van der Waals surface area (Å²) >= 11 is 0.324. The minimum atomic E-state index is -4.87. The van der Waals surface area contributed by atoms with Crippen molar-refractivity contribution in [3.05, 3.63) is 40.4 Å². The zero-order valence-corrected chi connectivity index (χ0v) is 12.1. The third-order valence-electron chi connectivity index (χ3n) is 2.68. The number of nitrogens with zero attached hydrogens (tertiary/aromatic N) is 1. The predicted molar refractivity (Wildman–Crippen MR) is 74.7 cm³/mol. The molecule has 1 amide bonds. The van der Waals surface area contributed by atoms with Crippen molar-refractivity contribution in [1.29, 1.82) is 0 Å². The lowest BCUT2D eigenvalue weighted by molar-refractivity contribution is -0.145. The van der Waals surface area contributed by atoms with Crippen molar-refractivity contribution in [3.63, 3.8) is 0 Å². The monoisotopic (exact) mass is 348 g/mol. The molecule has 0 atom stereocenters. The van der Waals surface area contributed by atoms with E-state index >= 15 is 0 Å². The molecular weight excluding hydrogens is 337 g/mol. The molecule has 6 nitrogen and oxygen atoms in total. The molecule has 10 heteroatoms. The topological polar surface area (TPSA) is 103 Å². The Bertz CT molecular complexity index is 715. The molecule has 4 N–H and O–H groups in total. The van der Waals surface area contributed by atoms with Gasteiger partial charge in [-0.2, -0.15) is 13.2 Å². The summed E-state index contributed by atoms with van der Waals surface area (Å²) in [6.07, 6.45) is -7.41. The molecule has 1 heterocycles. The Morgan fingerprint density at radius 3 is 2.57 bits per heavy atom. The highest BCUT2D eigenvalue weighted by atomic mass is 32.1. The molecule has 1 aromatic carbocycles. The molecule has 0 saturated heterocycles. The van der Waals surface area contributed by atoms with Crippen LogP contribution in [-0.2, 0) is 17.4 Å². The Balaban J connectivity index is 2.15. The van der Waals surface area contributed by atoms with E-state index in [9.17, 15) is 23.1 Å². The second-order valence-electron chi connectivity index (χ2n) is 4.50. The lowest BCUT2D eigenvalue weighted by Crippen LogP contribution is -2.15. The number of aliphatic hydroxyl groups excluding tert-OH is 1. The number of hydrogen-bond acceptors (Lipinski definition) is 6. The quantitative estimate of drug-likeness (QED) is 0.633. The van der Waals surface area contributed by atoms with Crippen molar-refractivity contribution in [3.8, 4) is 5.75 Å². The third-order valence-corrected chi connectivity index (χ3v) is 3.69. The van der Waals surface area contributed by atoms with Crippen LogP contribution in [0, 0.1) is 0 Å². The Hall–Kier alpha value is -2.17. The number of nitrogens with one attached hydrogen (secondary N) is 1. The van der Waals surface area contributed by atoms with E-state index in [1.54, 1.807) is 6.07 Å². The van der Waals surface area contributed by atoms with Gasteiger partial charge in [-0.3, -0.25) is 4.79 Å². The number of halogens is 3.